The van der Waals surface area contributed by atoms with Crippen LogP contribution < -0.4 is 10.1 Å². The maximum absolute atomic E-state index is 6.01. The number of ether oxygens (including phenoxy) is 1. The molecule has 2 heterocycles. The Hall–Kier alpha value is -1.17. The Morgan fingerprint density at radius 2 is 2.16 bits per heavy atom. The Bertz CT molecular complexity index is 515. The number of rotatable bonds is 6. The number of hydrogen-bond donors (Lipinski definition) is 1. The van der Waals surface area contributed by atoms with Crippen LogP contribution in [0.5, 0.6) is 5.88 Å². The van der Waals surface area contributed by atoms with Crippen LogP contribution in [0.15, 0.2) is 24.3 Å². The van der Waals surface area contributed by atoms with Gasteiger partial charge in [0.15, 0.2) is 0 Å². The highest BCUT2D eigenvalue weighted by Gasteiger charge is 2.17. The number of hydrogen-bond acceptors (Lipinski definition) is 5. The lowest BCUT2D eigenvalue weighted by Crippen LogP contribution is -2.23. The molecule has 1 N–H and O–H groups in total. The minimum absolute atomic E-state index is 0.0239. The van der Waals surface area contributed by atoms with Crippen LogP contribution in [0.4, 0.5) is 0 Å². The van der Waals surface area contributed by atoms with Gasteiger partial charge in [-0.15, -0.1) is 21.5 Å². The molecule has 0 aliphatic carbocycles. The van der Waals surface area contributed by atoms with Crippen molar-refractivity contribution >= 4 is 22.9 Å². The summed E-state index contributed by atoms with van der Waals surface area (Å²) < 4.78 is 5.80. The van der Waals surface area contributed by atoms with Gasteiger partial charge in [-0.1, -0.05) is 18.5 Å². The Kier molecular flexibility index (Phi) is 5.13. The molecule has 19 heavy (non-hydrogen) atoms. The summed E-state index contributed by atoms with van der Waals surface area (Å²) in [7, 11) is 1.58. The first-order valence-electron chi connectivity index (χ1n) is 6.10. The van der Waals surface area contributed by atoms with Crippen LogP contribution in [0.1, 0.15) is 30.0 Å². The van der Waals surface area contributed by atoms with Crippen LogP contribution in [0.25, 0.3) is 0 Å². The minimum atomic E-state index is 0.0239. The lowest BCUT2D eigenvalue weighted by Gasteiger charge is -2.16. The fraction of sp³-hybridized carbons (Fsp3) is 0.385. The average Bonchev–Trinajstić information content (AvgIpc) is 2.86. The van der Waals surface area contributed by atoms with Gasteiger partial charge in [0.25, 0.3) is 0 Å². The first-order valence-corrected chi connectivity index (χ1v) is 7.30. The Balaban J connectivity index is 2.25. The molecule has 0 aliphatic heterocycles. The van der Waals surface area contributed by atoms with E-state index in [9.17, 15) is 0 Å². The second-order valence-electron chi connectivity index (χ2n) is 4.03. The lowest BCUT2D eigenvalue weighted by atomic mass is 10.1. The molecule has 2 aromatic rings. The summed E-state index contributed by atoms with van der Waals surface area (Å²) >= 11 is 7.56. The van der Waals surface area contributed by atoms with Gasteiger partial charge in [-0.25, -0.2) is 0 Å². The van der Waals surface area contributed by atoms with Gasteiger partial charge in [-0.3, -0.25) is 0 Å². The van der Waals surface area contributed by atoms with E-state index in [1.54, 1.807) is 18.4 Å². The second kappa shape index (κ2) is 6.84. The first-order chi connectivity index (χ1) is 9.24. The van der Waals surface area contributed by atoms with E-state index >= 15 is 0 Å². The zero-order valence-electron chi connectivity index (χ0n) is 10.9. The normalized spacial score (nSPS) is 12.4. The van der Waals surface area contributed by atoms with Crippen LogP contribution >= 0.6 is 22.9 Å². The molecule has 0 saturated heterocycles. The molecule has 0 radical (unpaired) electrons. The summed E-state index contributed by atoms with van der Waals surface area (Å²) in [5, 5.41) is 11.7. The third kappa shape index (κ3) is 3.65. The van der Waals surface area contributed by atoms with E-state index in [2.05, 4.69) is 22.4 Å². The van der Waals surface area contributed by atoms with Gasteiger partial charge in [0.2, 0.25) is 5.88 Å². The highest BCUT2D eigenvalue weighted by Crippen LogP contribution is 2.30. The molecule has 6 heteroatoms. The van der Waals surface area contributed by atoms with Gasteiger partial charge >= 0.3 is 0 Å². The molecular weight excluding hydrogens is 282 g/mol. The molecule has 1 atom stereocenters. The van der Waals surface area contributed by atoms with Crippen LogP contribution in [0, 0.1) is 0 Å². The number of halogens is 1. The van der Waals surface area contributed by atoms with Crippen LogP contribution in [0.3, 0.4) is 0 Å². The second-order valence-corrected chi connectivity index (χ2v) is 5.78. The molecule has 102 valence electrons. The van der Waals surface area contributed by atoms with E-state index < -0.39 is 0 Å². The zero-order valence-corrected chi connectivity index (χ0v) is 12.5. The van der Waals surface area contributed by atoms with Crippen LogP contribution in [0.2, 0.25) is 4.34 Å². The van der Waals surface area contributed by atoms with Crippen molar-refractivity contribution in [1.82, 2.24) is 15.5 Å². The largest absolute Gasteiger partial charge is 0.480 e. The maximum atomic E-state index is 6.01. The van der Waals surface area contributed by atoms with E-state index in [1.807, 2.05) is 24.3 Å². The van der Waals surface area contributed by atoms with Crippen molar-refractivity contribution < 1.29 is 4.74 Å². The van der Waals surface area contributed by atoms with E-state index in [1.165, 1.54) is 0 Å². The van der Waals surface area contributed by atoms with Crippen molar-refractivity contribution in [2.75, 3.05) is 13.7 Å². The fourth-order valence-corrected chi connectivity index (χ4v) is 2.87. The lowest BCUT2D eigenvalue weighted by molar-refractivity contribution is 0.390. The predicted molar refractivity (Wildman–Crippen MR) is 78.0 cm³/mol. The predicted octanol–water partition coefficient (Wildman–Crippen LogP) is 3.29. The van der Waals surface area contributed by atoms with E-state index in [4.69, 9.17) is 16.3 Å². The summed E-state index contributed by atoms with van der Waals surface area (Å²) in [6.07, 6.45) is 1.05. The molecule has 0 spiro atoms. The van der Waals surface area contributed by atoms with Crippen molar-refractivity contribution in [3.8, 4) is 5.88 Å². The quantitative estimate of drug-likeness (QED) is 0.889. The van der Waals surface area contributed by atoms with E-state index in [0.29, 0.717) is 5.88 Å². The van der Waals surface area contributed by atoms with E-state index in [-0.39, 0.29) is 6.04 Å². The topological polar surface area (TPSA) is 47.0 Å². The SMILES string of the molecule is CCCNC(c1ccc(OC)nn1)c1ccc(Cl)s1. The Morgan fingerprint density at radius 3 is 2.68 bits per heavy atom. The zero-order chi connectivity index (χ0) is 13.7. The molecule has 4 nitrogen and oxygen atoms in total. The standard InChI is InChI=1S/C13H16ClN3OS/c1-3-8-15-13(10-5-6-11(14)19-10)9-4-7-12(18-2)17-16-9/h4-7,13,15H,3,8H2,1-2H3. The van der Waals surface area contributed by atoms with Crippen molar-refractivity contribution in [1.29, 1.82) is 0 Å². The molecule has 2 aromatic heterocycles. The minimum Gasteiger partial charge on any atom is -0.480 e. The van der Waals surface area contributed by atoms with Crippen molar-refractivity contribution in [2.24, 2.45) is 0 Å². The van der Waals surface area contributed by atoms with Gasteiger partial charge in [-0.05, 0) is 31.2 Å². The Labute approximate surface area is 121 Å². The van der Waals surface area contributed by atoms with Crippen molar-refractivity contribution in [2.45, 2.75) is 19.4 Å². The third-order valence-corrected chi connectivity index (χ3v) is 3.94. The van der Waals surface area contributed by atoms with Crippen molar-refractivity contribution in [3.63, 3.8) is 0 Å². The highest BCUT2D eigenvalue weighted by atomic mass is 35.5. The third-order valence-electron chi connectivity index (χ3n) is 2.64. The first kappa shape index (κ1) is 14.2. The molecule has 0 saturated carbocycles. The molecule has 0 aromatic carbocycles. The number of nitrogens with one attached hydrogen (secondary N) is 1. The number of nitrogens with zero attached hydrogens (tertiary/aromatic N) is 2. The number of methoxy groups -OCH3 is 1. The van der Waals surface area contributed by atoms with Gasteiger partial charge in [0.05, 0.1) is 23.2 Å². The van der Waals surface area contributed by atoms with Gasteiger partial charge in [0, 0.05) is 10.9 Å². The summed E-state index contributed by atoms with van der Waals surface area (Å²) in [5.74, 6) is 0.516. The monoisotopic (exact) mass is 297 g/mol. The van der Waals surface area contributed by atoms with Crippen LogP contribution in [-0.2, 0) is 0 Å². The fourth-order valence-electron chi connectivity index (χ4n) is 1.72. The summed E-state index contributed by atoms with van der Waals surface area (Å²) in [6.45, 7) is 3.04. The highest BCUT2D eigenvalue weighted by molar-refractivity contribution is 7.16. The summed E-state index contributed by atoms with van der Waals surface area (Å²) in [5.41, 5.74) is 0.868. The smallest absolute Gasteiger partial charge is 0.233 e. The summed E-state index contributed by atoms with van der Waals surface area (Å²) in [4.78, 5) is 1.14. The van der Waals surface area contributed by atoms with Crippen molar-refractivity contribution in [3.05, 3.63) is 39.2 Å². The molecule has 0 amide bonds. The van der Waals surface area contributed by atoms with Gasteiger partial charge < -0.3 is 10.1 Å². The molecule has 0 fully saturated rings. The summed E-state index contributed by atoms with van der Waals surface area (Å²) in [6, 6.07) is 7.69. The van der Waals surface area contributed by atoms with Gasteiger partial charge in [0.1, 0.15) is 0 Å². The molecule has 0 aliphatic rings. The molecule has 0 bridgehead atoms. The van der Waals surface area contributed by atoms with Crippen LogP contribution in [-0.4, -0.2) is 23.9 Å². The maximum Gasteiger partial charge on any atom is 0.233 e. The number of aromatic nitrogens is 2. The Morgan fingerprint density at radius 1 is 1.32 bits per heavy atom. The van der Waals surface area contributed by atoms with E-state index in [0.717, 1.165) is 27.9 Å². The number of thiophene rings is 1. The molecule has 1 unspecified atom stereocenters. The van der Waals surface area contributed by atoms with Gasteiger partial charge in [-0.2, -0.15) is 0 Å². The molecular formula is C13H16ClN3OS. The average molecular weight is 298 g/mol. The molecule has 2 rings (SSSR count).